The maximum Gasteiger partial charge on any atom is 0.410 e. The third kappa shape index (κ3) is 5.48. The van der Waals surface area contributed by atoms with Gasteiger partial charge in [0.1, 0.15) is 18.0 Å². The van der Waals surface area contributed by atoms with Gasteiger partial charge in [0, 0.05) is 5.56 Å². The second-order valence-corrected chi connectivity index (χ2v) is 11.5. The van der Waals surface area contributed by atoms with Gasteiger partial charge >= 0.3 is 6.09 Å². The molecule has 1 saturated heterocycles. The summed E-state index contributed by atoms with van der Waals surface area (Å²) in [6.45, 7) is 7.75. The van der Waals surface area contributed by atoms with Crippen LogP contribution in [0.4, 0.5) is 4.79 Å². The molecule has 1 aliphatic heterocycles. The zero-order valence-corrected chi connectivity index (χ0v) is 22.5. The highest BCUT2D eigenvalue weighted by Crippen LogP contribution is 2.48. The summed E-state index contributed by atoms with van der Waals surface area (Å²) in [5.74, 6) is 0.409. The molecular weight excluding hydrogens is 480 g/mol. The fourth-order valence-corrected chi connectivity index (χ4v) is 5.24. The monoisotopic (exact) mass is 516 g/mol. The van der Waals surface area contributed by atoms with Crippen molar-refractivity contribution in [3.05, 3.63) is 77.4 Å². The van der Waals surface area contributed by atoms with Crippen LogP contribution in [-0.4, -0.2) is 52.9 Å². The maximum absolute atomic E-state index is 13.5. The number of rotatable bonds is 6. The molecule has 1 saturated carbocycles. The molecule has 7 heteroatoms. The molecule has 2 amide bonds. The van der Waals surface area contributed by atoms with Gasteiger partial charge in [-0.1, -0.05) is 48.5 Å². The molecule has 1 aliphatic carbocycles. The lowest BCUT2D eigenvalue weighted by atomic mass is 9.96. The summed E-state index contributed by atoms with van der Waals surface area (Å²) in [7, 11) is 0. The van der Waals surface area contributed by atoms with E-state index in [2.05, 4.69) is 29.6 Å². The summed E-state index contributed by atoms with van der Waals surface area (Å²) >= 11 is 0. The third-order valence-corrected chi connectivity index (χ3v) is 7.32. The van der Waals surface area contributed by atoms with Crippen molar-refractivity contribution in [2.24, 2.45) is 0 Å². The van der Waals surface area contributed by atoms with E-state index in [4.69, 9.17) is 9.47 Å². The Hall–Kier alpha value is -3.58. The van der Waals surface area contributed by atoms with E-state index in [1.807, 2.05) is 58.0 Å². The van der Waals surface area contributed by atoms with Gasteiger partial charge in [0.15, 0.2) is 0 Å². The number of carbonyl (C=O) groups excluding carboxylic acids is 2. The molecule has 1 heterocycles. The van der Waals surface area contributed by atoms with Gasteiger partial charge in [0.25, 0.3) is 5.91 Å². The van der Waals surface area contributed by atoms with Crippen molar-refractivity contribution >= 4 is 22.8 Å². The zero-order chi connectivity index (χ0) is 27.1. The molecular formula is C31H36N2O5. The molecule has 0 radical (unpaired) electrons. The molecule has 0 spiro atoms. The average Bonchev–Trinajstić information content (AvgIpc) is 3.54. The molecule has 3 aromatic carbocycles. The fraction of sp³-hybridized carbons (Fsp3) is 0.419. The normalized spacial score (nSPS) is 20.3. The highest BCUT2D eigenvalue weighted by Gasteiger charge is 2.46. The van der Waals surface area contributed by atoms with E-state index in [9.17, 15) is 14.7 Å². The van der Waals surface area contributed by atoms with Gasteiger partial charge in [0.2, 0.25) is 0 Å². The van der Waals surface area contributed by atoms with Gasteiger partial charge in [-0.15, -0.1) is 0 Å². The van der Waals surface area contributed by atoms with E-state index in [0.29, 0.717) is 17.7 Å². The van der Waals surface area contributed by atoms with E-state index < -0.39 is 17.8 Å². The van der Waals surface area contributed by atoms with Gasteiger partial charge in [0.05, 0.1) is 24.2 Å². The molecule has 0 bridgehead atoms. The van der Waals surface area contributed by atoms with Crippen LogP contribution in [0.2, 0.25) is 0 Å². The number of fused-ring (bicyclic) bond motifs is 1. The minimum atomic E-state index is -0.626. The second-order valence-electron chi connectivity index (χ2n) is 11.5. The highest BCUT2D eigenvalue weighted by molar-refractivity contribution is 5.97. The minimum absolute atomic E-state index is 0.134. The van der Waals surface area contributed by atoms with Crippen LogP contribution in [0.25, 0.3) is 10.8 Å². The number of carbonyl (C=O) groups is 2. The zero-order valence-electron chi connectivity index (χ0n) is 22.5. The lowest BCUT2D eigenvalue weighted by molar-refractivity contribution is 0.0173. The predicted molar refractivity (Wildman–Crippen MR) is 146 cm³/mol. The molecule has 38 heavy (non-hydrogen) atoms. The van der Waals surface area contributed by atoms with Crippen LogP contribution in [0.5, 0.6) is 5.75 Å². The second kappa shape index (κ2) is 9.95. The number of benzene rings is 3. The number of aliphatic hydroxyl groups excluding tert-OH is 1. The number of nitrogens with one attached hydrogen (secondary N) is 1. The third-order valence-electron chi connectivity index (χ3n) is 7.32. The SMILES string of the molecule is Cc1ccc(OCC2C[C@@H](O)CN2C(=O)OC(C)(C)C)cc1C(=O)NC1(c2cccc3ccccc23)CC1. The highest BCUT2D eigenvalue weighted by atomic mass is 16.6. The maximum atomic E-state index is 13.5. The first-order chi connectivity index (χ1) is 18.0. The Morgan fingerprint density at radius 2 is 1.82 bits per heavy atom. The van der Waals surface area contributed by atoms with Gasteiger partial charge < -0.3 is 19.9 Å². The number of aliphatic hydroxyl groups is 1. The molecule has 7 nitrogen and oxygen atoms in total. The van der Waals surface area contributed by atoms with Crippen molar-refractivity contribution in [1.29, 1.82) is 0 Å². The van der Waals surface area contributed by atoms with Crippen molar-refractivity contribution in [3.8, 4) is 5.75 Å². The summed E-state index contributed by atoms with van der Waals surface area (Å²) < 4.78 is 11.5. The molecule has 3 aromatic rings. The van der Waals surface area contributed by atoms with E-state index in [-0.39, 0.29) is 30.6 Å². The Kier molecular flexibility index (Phi) is 6.82. The molecule has 2 N–H and O–H groups in total. The first-order valence-corrected chi connectivity index (χ1v) is 13.3. The molecule has 0 aromatic heterocycles. The molecule has 5 rings (SSSR count). The average molecular weight is 517 g/mol. The van der Waals surface area contributed by atoms with Crippen LogP contribution in [0.3, 0.4) is 0 Å². The number of β-amino-alcohol motifs (C(OH)–C–C–N with tert-alkyl or cyclic N) is 1. The van der Waals surface area contributed by atoms with Gasteiger partial charge in [-0.3, -0.25) is 9.69 Å². The number of likely N-dealkylation sites (tertiary alicyclic amines) is 1. The Balaban J connectivity index is 1.29. The largest absolute Gasteiger partial charge is 0.491 e. The summed E-state index contributed by atoms with van der Waals surface area (Å²) in [4.78, 5) is 27.7. The Morgan fingerprint density at radius 3 is 2.55 bits per heavy atom. The number of hydrogen-bond donors (Lipinski definition) is 2. The van der Waals surface area contributed by atoms with Crippen LogP contribution in [0.15, 0.2) is 60.7 Å². The number of hydrogen-bond acceptors (Lipinski definition) is 5. The number of aryl methyl sites for hydroxylation is 1. The summed E-state index contributed by atoms with van der Waals surface area (Å²) in [5, 5.41) is 15.8. The quantitative estimate of drug-likeness (QED) is 0.463. The number of amides is 2. The van der Waals surface area contributed by atoms with Crippen molar-refractivity contribution < 1.29 is 24.2 Å². The van der Waals surface area contributed by atoms with Crippen molar-refractivity contribution in [2.75, 3.05) is 13.2 Å². The first-order valence-electron chi connectivity index (χ1n) is 13.3. The fourth-order valence-electron chi connectivity index (χ4n) is 5.24. The van der Waals surface area contributed by atoms with Crippen LogP contribution in [-0.2, 0) is 10.3 Å². The van der Waals surface area contributed by atoms with Crippen LogP contribution >= 0.6 is 0 Å². The van der Waals surface area contributed by atoms with Gasteiger partial charge in [-0.05, 0) is 81.0 Å². The van der Waals surface area contributed by atoms with Crippen molar-refractivity contribution in [3.63, 3.8) is 0 Å². The number of ether oxygens (including phenoxy) is 2. The lowest BCUT2D eigenvalue weighted by Gasteiger charge is -2.28. The van der Waals surface area contributed by atoms with E-state index >= 15 is 0 Å². The van der Waals surface area contributed by atoms with Crippen LogP contribution in [0, 0.1) is 6.92 Å². The topological polar surface area (TPSA) is 88.1 Å². The van der Waals surface area contributed by atoms with Crippen LogP contribution < -0.4 is 10.1 Å². The van der Waals surface area contributed by atoms with Crippen molar-refractivity contribution in [1.82, 2.24) is 10.2 Å². The van der Waals surface area contributed by atoms with Gasteiger partial charge in [-0.25, -0.2) is 4.79 Å². The summed E-state index contributed by atoms with van der Waals surface area (Å²) in [6.07, 6.45) is 1.11. The Bertz CT molecular complexity index is 1350. The number of nitrogens with zero attached hydrogens (tertiary/aromatic N) is 1. The summed E-state index contributed by atoms with van der Waals surface area (Å²) in [5.41, 5.74) is 1.57. The lowest BCUT2D eigenvalue weighted by Crippen LogP contribution is -2.42. The molecule has 200 valence electrons. The molecule has 1 unspecified atom stereocenters. The van der Waals surface area contributed by atoms with E-state index in [1.165, 1.54) is 4.90 Å². The first kappa shape index (κ1) is 26.0. The molecule has 2 aliphatic rings. The summed E-state index contributed by atoms with van der Waals surface area (Å²) in [6, 6.07) is 19.6. The Labute approximate surface area is 223 Å². The van der Waals surface area contributed by atoms with E-state index in [0.717, 1.165) is 34.7 Å². The minimum Gasteiger partial charge on any atom is -0.491 e. The molecule has 2 atom stereocenters. The molecule has 2 fully saturated rings. The van der Waals surface area contributed by atoms with Crippen molar-refractivity contribution in [2.45, 2.75) is 70.2 Å². The van der Waals surface area contributed by atoms with Crippen LogP contribution in [0.1, 0.15) is 61.5 Å². The standard InChI is InChI=1S/C31H36N2O5/c1-20-12-13-24(37-19-22-16-23(34)18-33(22)29(36)38-30(2,3)4)17-26(20)28(35)32-31(14-15-31)27-11-7-9-21-8-5-6-10-25(21)27/h5-13,17,22-23,34H,14-16,18-19H2,1-4H3,(H,32,35)/t22?,23-/m1/s1. The predicted octanol–water partition coefficient (Wildman–Crippen LogP) is 5.32. The van der Waals surface area contributed by atoms with E-state index in [1.54, 1.807) is 6.07 Å². The Morgan fingerprint density at radius 1 is 1.08 bits per heavy atom. The van der Waals surface area contributed by atoms with Gasteiger partial charge in [-0.2, -0.15) is 0 Å². The smallest absolute Gasteiger partial charge is 0.410 e.